The average Bonchev–Trinajstić information content (AvgIpc) is 2.86. The van der Waals surface area contributed by atoms with Gasteiger partial charge in [0.2, 0.25) is 10.0 Å². The predicted molar refractivity (Wildman–Crippen MR) is 99.1 cm³/mol. The quantitative estimate of drug-likeness (QED) is 0.778. The number of hydrogen-bond acceptors (Lipinski definition) is 5. The van der Waals surface area contributed by atoms with E-state index in [2.05, 4.69) is 5.32 Å². The smallest absolute Gasteiger partial charge is 0.325 e. The largest absolute Gasteiger partial charge is 0.496 e. The van der Waals surface area contributed by atoms with E-state index in [-0.39, 0.29) is 36.7 Å². The van der Waals surface area contributed by atoms with Crippen molar-refractivity contribution in [2.45, 2.75) is 44.0 Å². The fourth-order valence-electron chi connectivity index (χ4n) is 3.81. The SMILES string of the molecule is CCN1C(=O)NC2(CCN(S(=O)(=O)c3cc(C)c(OC)cc3C)CC2)C1=O. The van der Waals surface area contributed by atoms with Crippen molar-refractivity contribution in [1.82, 2.24) is 14.5 Å². The van der Waals surface area contributed by atoms with Crippen molar-refractivity contribution >= 4 is 22.0 Å². The molecule has 0 bridgehead atoms. The molecule has 0 unspecified atom stereocenters. The van der Waals surface area contributed by atoms with Gasteiger partial charge in [0, 0.05) is 19.6 Å². The molecule has 1 aromatic carbocycles. The van der Waals surface area contributed by atoms with Gasteiger partial charge in [0.25, 0.3) is 5.91 Å². The van der Waals surface area contributed by atoms with Crippen molar-refractivity contribution in [3.05, 3.63) is 23.3 Å². The zero-order valence-electron chi connectivity index (χ0n) is 16.0. The molecule has 1 N–H and O–H groups in total. The fraction of sp³-hybridized carbons (Fsp3) is 0.556. The first-order chi connectivity index (χ1) is 12.7. The van der Waals surface area contributed by atoms with Crippen LogP contribution in [0.3, 0.4) is 0 Å². The number of sulfonamides is 1. The van der Waals surface area contributed by atoms with E-state index in [1.165, 1.54) is 9.21 Å². The van der Waals surface area contributed by atoms with Gasteiger partial charge in [-0.2, -0.15) is 4.31 Å². The van der Waals surface area contributed by atoms with E-state index >= 15 is 0 Å². The molecule has 0 aromatic heterocycles. The number of rotatable bonds is 4. The number of amides is 3. The molecule has 0 aliphatic carbocycles. The van der Waals surface area contributed by atoms with E-state index in [0.29, 0.717) is 17.9 Å². The average molecular weight is 395 g/mol. The first-order valence-corrected chi connectivity index (χ1v) is 10.4. The van der Waals surface area contributed by atoms with Crippen molar-refractivity contribution < 1.29 is 22.7 Å². The first kappa shape index (κ1) is 19.6. The minimum Gasteiger partial charge on any atom is -0.496 e. The van der Waals surface area contributed by atoms with Gasteiger partial charge in [0.1, 0.15) is 11.3 Å². The standard InChI is InChI=1S/C18H25N3O5S/c1-5-21-16(22)18(19-17(21)23)6-8-20(9-7-18)27(24,25)15-11-12(2)14(26-4)10-13(15)3/h10-11H,5-9H2,1-4H3,(H,19,23). The van der Waals surface area contributed by atoms with Crippen LogP contribution in [0.15, 0.2) is 17.0 Å². The minimum absolute atomic E-state index is 0.177. The maximum atomic E-state index is 13.1. The molecule has 2 aliphatic rings. The van der Waals surface area contributed by atoms with Crippen LogP contribution in [0.2, 0.25) is 0 Å². The normalized spacial score (nSPS) is 20.2. The van der Waals surface area contributed by atoms with Gasteiger partial charge in [-0.05, 0) is 56.9 Å². The number of ether oxygens (including phenoxy) is 1. The van der Waals surface area contributed by atoms with Crippen molar-refractivity contribution in [3.8, 4) is 5.75 Å². The number of nitrogens with zero attached hydrogens (tertiary/aromatic N) is 2. The summed E-state index contributed by atoms with van der Waals surface area (Å²) in [7, 11) is -2.15. The summed E-state index contributed by atoms with van der Waals surface area (Å²) in [6, 6.07) is 2.93. The number of imide groups is 1. The second-order valence-electron chi connectivity index (χ2n) is 7.05. The Morgan fingerprint density at radius 3 is 2.30 bits per heavy atom. The van der Waals surface area contributed by atoms with E-state index < -0.39 is 21.6 Å². The predicted octanol–water partition coefficient (Wildman–Crippen LogP) is 1.41. The van der Waals surface area contributed by atoms with E-state index in [9.17, 15) is 18.0 Å². The number of carbonyl (C=O) groups excluding carboxylic acids is 2. The number of hydrogen-bond donors (Lipinski definition) is 1. The number of piperidine rings is 1. The molecule has 0 radical (unpaired) electrons. The van der Waals surface area contributed by atoms with Gasteiger partial charge in [-0.15, -0.1) is 0 Å². The van der Waals surface area contributed by atoms with E-state index in [1.807, 2.05) is 0 Å². The Labute approximate surface area is 159 Å². The van der Waals surface area contributed by atoms with Gasteiger partial charge in [0.15, 0.2) is 0 Å². The Bertz CT molecular complexity index is 889. The number of aryl methyl sites for hydroxylation is 2. The Balaban J connectivity index is 1.83. The van der Waals surface area contributed by atoms with Gasteiger partial charge in [-0.1, -0.05) is 0 Å². The molecule has 1 aromatic rings. The maximum absolute atomic E-state index is 13.1. The van der Waals surface area contributed by atoms with Gasteiger partial charge >= 0.3 is 6.03 Å². The van der Waals surface area contributed by atoms with Crippen molar-refractivity contribution in [2.75, 3.05) is 26.7 Å². The molecule has 1 spiro atoms. The second-order valence-corrected chi connectivity index (χ2v) is 8.96. The number of nitrogens with one attached hydrogen (secondary N) is 1. The summed E-state index contributed by atoms with van der Waals surface area (Å²) < 4.78 is 32.9. The lowest BCUT2D eigenvalue weighted by Crippen LogP contribution is -2.55. The van der Waals surface area contributed by atoms with Crippen molar-refractivity contribution in [3.63, 3.8) is 0 Å². The van der Waals surface area contributed by atoms with Crippen LogP contribution in [-0.2, 0) is 14.8 Å². The highest BCUT2D eigenvalue weighted by atomic mass is 32.2. The number of carbonyl (C=O) groups is 2. The zero-order chi connectivity index (χ0) is 20.0. The van der Waals surface area contributed by atoms with Gasteiger partial charge < -0.3 is 10.1 Å². The van der Waals surface area contributed by atoms with Crippen LogP contribution in [-0.4, -0.2) is 61.8 Å². The van der Waals surface area contributed by atoms with Crippen LogP contribution in [0.1, 0.15) is 30.9 Å². The van der Waals surface area contributed by atoms with Crippen molar-refractivity contribution in [2.24, 2.45) is 0 Å². The monoisotopic (exact) mass is 395 g/mol. The molecular formula is C18H25N3O5S. The minimum atomic E-state index is -3.70. The lowest BCUT2D eigenvalue weighted by molar-refractivity contribution is -0.132. The maximum Gasteiger partial charge on any atom is 0.325 e. The third-order valence-electron chi connectivity index (χ3n) is 5.45. The van der Waals surface area contributed by atoms with Gasteiger partial charge in [-0.25, -0.2) is 13.2 Å². The molecule has 0 saturated carbocycles. The molecule has 3 amide bonds. The number of urea groups is 1. The van der Waals surface area contributed by atoms with Crippen molar-refractivity contribution in [1.29, 1.82) is 0 Å². The third-order valence-corrected chi connectivity index (χ3v) is 7.49. The lowest BCUT2D eigenvalue weighted by atomic mass is 9.88. The third kappa shape index (κ3) is 3.08. The summed E-state index contributed by atoms with van der Waals surface area (Å²) in [5, 5.41) is 2.77. The molecule has 2 aliphatic heterocycles. The van der Waals surface area contributed by atoms with Crippen LogP contribution in [0.4, 0.5) is 4.79 Å². The molecule has 2 heterocycles. The summed E-state index contributed by atoms with van der Waals surface area (Å²) in [6.45, 7) is 5.94. The molecular weight excluding hydrogens is 370 g/mol. The van der Waals surface area contributed by atoms with E-state index in [0.717, 1.165) is 5.56 Å². The molecule has 148 valence electrons. The molecule has 3 rings (SSSR count). The molecule has 2 fully saturated rings. The van der Waals surface area contributed by atoms with Gasteiger partial charge in [0.05, 0.1) is 12.0 Å². The van der Waals surface area contributed by atoms with Crippen LogP contribution < -0.4 is 10.1 Å². The second kappa shape index (κ2) is 6.79. The Morgan fingerprint density at radius 2 is 1.78 bits per heavy atom. The van der Waals surface area contributed by atoms with Crippen LogP contribution >= 0.6 is 0 Å². The van der Waals surface area contributed by atoms with Crippen LogP contribution in [0.5, 0.6) is 5.75 Å². The lowest BCUT2D eigenvalue weighted by Gasteiger charge is -2.36. The molecule has 0 atom stereocenters. The molecule has 8 nitrogen and oxygen atoms in total. The highest BCUT2D eigenvalue weighted by Crippen LogP contribution is 2.33. The number of likely N-dealkylation sites (N-methyl/N-ethyl adjacent to an activating group) is 1. The Kier molecular flexibility index (Phi) is 4.94. The molecule has 27 heavy (non-hydrogen) atoms. The fourth-order valence-corrected chi connectivity index (χ4v) is 5.54. The highest BCUT2D eigenvalue weighted by Gasteiger charge is 2.52. The Morgan fingerprint density at radius 1 is 1.15 bits per heavy atom. The molecule has 2 saturated heterocycles. The van der Waals surface area contributed by atoms with Crippen LogP contribution in [0.25, 0.3) is 0 Å². The Hall–Kier alpha value is -2.13. The highest BCUT2D eigenvalue weighted by molar-refractivity contribution is 7.89. The first-order valence-electron chi connectivity index (χ1n) is 8.96. The summed E-state index contributed by atoms with van der Waals surface area (Å²) in [5.41, 5.74) is 0.372. The number of benzene rings is 1. The summed E-state index contributed by atoms with van der Waals surface area (Å²) in [4.78, 5) is 26.0. The summed E-state index contributed by atoms with van der Waals surface area (Å²) in [5.74, 6) is 0.381. The van der Waals surface area contributed by atoms with E-state index in [4.69, 9.17) is 4.74 Å². The van der Waals surface area contributed by atoms with Gasteiger partial charge in [-0.3, -0.25) is 9.69 Å². The van der Waals surface area contributed by atoms with E-state index in [1.54, 1.807) is 40.0 Å². The summed E-state index contributed by atoms with van der Waals surface area (Å²) in [6.07, 6.45) is 0.531. The zero-order valence-corrected chi connectivity index (χ0v) is 16.9. The van der Waals surface area contributed by atoms with Crippen LogP contribution in [0, 0.1) is 13.8 Å². The molecule has 9 heteroatoms. The topological polar surface area (TPSA) is 96.0 Å². The summed E-state index contributed by atoms with van der Waals surface area (Å²) >= 11 is 0. The number of methoxy groups -OCH3 is 1.